The van der Waals surface area contributed by atoms with Crippen LogP contribution in [0.1, 0.15) is 98.9 Å². The van der Waals surface area contributed by atoms with Gasteiger partial charge in [0.1, 0.15) is 0 Å². The second-order valence-electron chi connectivity index (χ2n) is 32.5. The average Bonchev–Trinajstić information content (AvgIpc) is 0.775. The van der Waals surface area contributed by atoms with Gasteiger partial charge in [-0.25, -0.2) is 0 Å². The van der Waals surface area contributed by atoms with Crippen LogP contribution in [0.2, 0.25) is 0 Å². The molecule has 16 aromatic rings. The number of hydrogen-bond acceptors (Lipinski definition) is 2. The van der Waals surface area contributed by atoms with E-state index >= 15 is 0 Å². The minimum absolute atomic E-state index is 0.0922. The van der Waals surface area contributed by atoms with E-state index in [0.29, 0.717) is 0 Å². The third kappa shape index (κ3) is 15.4. The summed E-state index contributed by atoms with van der Waals surface area (Å²) < 4.78 is 0. The van der Waals surface area contributed by atoms with Gasteiger partial charge < -0.3 is 9.80 Å². The molecule has 2 nitrogen and oxygen atoms in total. The van der Waals surface area contributed by atoms with E-state index in [-0.39, 0.29) is 5.41 Å². The van der Waals surface area contributed by atoms with Crippen molar-refractivity contribution in [3.8, 4) is 111 Å². The summed E-state index contributed by atoms with van der Waals surface area (Å²) >= 11 is 0. The first-order chi connectivity index (χ1) is 55.5. The molecular formula is C112H98N2. The summed E-state index contributed by atoms with van der Waals surface area (Å²) in [6, 6.07) is 133. The Morgan fingerprint density at radius 1 is 0.167 bits per heavy atom. The topological polar surface area (TPSA) is 6.48 Å². The lowest BCUT2D eigenvalue weighted by Gasteiger charge is -2.39. The number of rotatable bonds is 18. The summed E-state index contributed by atoms with van der Waals surface area (Å²) in [7, 11) is 0. The van der Waals surface area contributed by atoms with Crippen LogP contribution in [0.4, 0.5) is 34.1 Å². The predicted molar refractivity (Wildman–Crippen MR) is 488 cm³/mol. The molecule has 114 heavy (non-hydrogen) atoms. The fraction of sp³-hybridized carbons (Fsp3) is 0.143. The lowest BCUT2D eigenvalue weighted by atomic mass is 9.65. The van der Waals surface area contributed by atoms with Crippen LogP contribution >= 0.6 is 0 Å². The Balaban J connectivity index is 0.686. The summed E-state index contributed by atoms with van der Waals surface area (Å²) in [6.45, 7) is 22.0. The molecule has 1 aliphatic carbocycles. The number of anilines is 6. The second kappa shape index (κ2) is 31.7. The number of nitrogens with zero attached hydrogens (tertiary/aromatic N) is 2. The molecule has 0 aromatic heterocycles. The Morgan fingerprint density at radius 2 is 0.430 bits per heavy atom. The normalized spacial score (nSPS) is 12.5. The Kier molecular flexibility index (Phi) is 20.6. The highest BCUT2D eigenvalue weighted by atomic mass is 15.1. The van der Waals surface area contributed by atoms with Crippen LogP contribution in [0.5, 0.6) is 0 Å². The maximum Gasteiger partial charge on any atom is 0.0467 e. The maximum atomic E-state index is 2.45. The smallest absolute Gasteiger partial charge is 0.0467 e. The van der Waals surface area contributed by atoms with Gasteiger partial charge in [-0.2, -0.15) is 0 Å². The minimum atomic E-state index is -0.0922. The van der Waals surface area contributed by atoms with Crippen molar-refractivity contribution in [1.29, 1.82) is 0 Å². The molecule has 0 spiro atoms. The first-order valence-electron chi connectivity index (χ1n) is 40.7. The summed E-state index contributed by atoms with van der Waals surface area (Å²) in [6.07, 6.45) is 5.90. The number of aryl methyl sites for hydroxylation is 10. The van der Waals surface area contributed by atoms with Gasteiger partial charge in [0.25, 0.3) is 0 Å². The highest BCUT2D eigenvalue weighted by Crippen LogP contribution is 2.49. The molecular weight excluding hydrogens is 1370 g/mol. The third-order valence-electron chi connectivity index (χ3n) is 23.5. The maximum absolute atomic E-state index is 2.45. The van der Waals surface area contributed by atoms with Crippen molar-refractivity contribution in [2.45, 2.75) is 107 Å². The first-order valence-corrected chi connectivity index (χ1v) is 40.7. The molecule has 0 heterocycles. The molecule has 0 amide bonds. The lowest BCUT2D eigenvalue weighted by molar-refractivity contribution is 0.346. The predicted octanol–water partition coefficient (Wildman–Crippen LogP) is 31.6. The van der Waals surface area contributed by atoms with Crippen molar-refractivity contribution in [3.63, 3.8) is 0 Å². The fourth-order valence-electron chi connectivity index (χ4n) is 18.2. The molecule has 1 saturated carbocycles. The van der Waals surface area contributed by atoms with E-state index in [4.69, 9.17) is 0 Å². The lowest BCUT2D eigenvalue weighted by Crippen LogP contribution is -2.30. The van der Waals surface area contributed by atoms with Crippen LogP contribution < -0.4 is 9.80 Å². The van der Waals surface area contributed by atoms with Crippen molar-refractivity contribution in [3.05, 3.63) is 419 Å². The van der Waals surface area contributed by atoms with Gasteiger partial charge in [0, 0.05) is 39.5 Å². The quantitative estimate of drug-likeness (QED) is 0.0845. The van der Waals surface area contributed by atoms with Gasteiger partial charge in [0.15, 0.2) is 0 Å². The van der Waals surface area contributed by atoms with Crippen LogP contribution in [0.15, 0.2) is 352 Å². The van der Waals surface area contributed by atoms with Gasteiger partial charge in [-0.05, 0) is 277 Å². The standard InChI is InChI=1S/C112H98N2/c1-74-31-51-104(88-21-13-11-14-22-88)108(66-74)89-23-17-27-100(70-89)113(101-28-18-24-90(71-101)109-67-75(2)32-52-105(109)93-60-78(5)57-79(6)61-93)98-47-39-86(40-48-98)84-35-43-96(44-36-84)112(55-15-12-16-56-112)97-45-37-85(38-46-97)87-41-49-99(50-42-87)114(102-29-19-25-91(72-102)110-68-76(3)33-53-106(110)94-62-80(7)58-81(8)63-94)103-30-20-26-92(73-103)111-69-77(4)34-54-107(111)95-64-82(9)59-83(10)65-95/h11,13-14,17-54,57-73H,12,15-16,55-56H2,1-10H3. The van der Waals surface area contributed by atoms with Crippen molar-refractivity contribution in [1.82, 2.24) is 0 Å². The largest absolute Gasteiger partial charge is 0.310 e. The zero-order valence-electron chi connectivity index (χ0n) is 67.4. The first kappa shape index (κ1) is 73.9. The Labute approximate surface area is 676 Å². The van der Waals surface area contributed by atoms with Gasteiger partial charge in [-0.3, -0.25) is 0 Å². The van der Waals surface area contributed by atoms with E-state index in [9.17, 15) is 0 Å². The molecule has 17 rings (SSSR count). The van der Waals surface area contributed by atoms with E-state index in [0.717, 1.165) is 47.0 Å². The van der Waals surface area contributed by atoms with Gasteiger partial charge in [0.2, 0.25) is 0 Å². The molecule has 1 aliphatic rings. The molecule has 0 saturated heterocycles. The SMILES string of the molecule is Cc1cc(C)cc(-c2ccc(C)cc2-c2cccc(N(c3ccc(-c4ccc(C5(c6ccc(-c7ccc(N(c8cccc(-c9cc(C)ccc9-c9cc(C)cc(C)c9)c8)c8cccc(-c9cc(C)ccc9-c9cc(C)cc(C)c9)c8)cc7)cc6)CCCCC5)cc4)cc3)c3cccc(-c4cc(C)ccc4-c4ccccc4)c3)c2)c1. The zero-order chi connectivity index (χ0) is 78.1. The minimum Gasteiger partial charge on any atom is -0.310 e. The van der Waals surface area contributed by atoms with Gasteiger partial charge >= 0.3 is 0 Å². The monoisotopic (exact) mass is 1470 g/mol. The summed E-state index contributed by atoms with van der Waals surface area (Å²) in [4.78, 5) is 4.89. The summed E-state index contributed by atoms with van der Waals surface area (Å²) in [5.74, 6) is 0. The van der Waals surface area contributed by atoms with Crippen molar-refractivity contribution < 1.29 is 0 Å². The molecule has 0 unspecified atom stereocenters. The fourth-order valence-corrected chi connectivity index (χ4v) is 18.2. The molecule has 0 radical (unpaired) electrons. The third-order valence-corrected chi connectivity index (χ3v) is 23.5. The number of hydrogen-bond donors (Lipinski definition) is 0. The molecule has 16 aromatic carbocycles. The Morgan fingerprint density at radius 3 is 0.719 bits per heavy atom. The summed E-state index contributed by atoms with van der Waals surface area (Å²) in [5.41, 5.74) is 45.9. The van der Waals surface area contributed by atoms with E-state index in [1.807, 2.05) is 0 Å². The van der Waals surface area contributed by atoms with Crippen LogP contribution in [0.3, 0.4) is 0 Å². The average molecular weight is 1470 g/mol. The van der Waals surface area contributed by atoms with E-state index in [1.54, 1.807) is 0 Å². The molecule has 0 atom stereocenters. The summed E-state index contributed by atoms with van der Waals surface area (Å²) in [5, 5.41) is 0. The highest BCUT2D eigenvalue weighted by Gasteiger charge is 2.36. The molecule has 556 valence electrons. The van der Waals surface area contributed by atoms with Crippen LogP contribution in [-0.2, 0) is 5.41 Å². The van der Waals surface area contributed by atoms with Crippen molar-refractivity contribution >= 4 is 34.1 Å². The van der Waals surface area contributed by atoms with Crippen molar-refractivity contribution in [2.24, 2.45) is 0 Å². The number of benzene rings is 16. The van der Waals surface area contributed by atoms with Crippen LogP contribution in [-0.4, -0.2) is 0 Å². The van der Waals surface area contributed by atoms with Crippen molar-refractivity contribution in [2.75, 3.05) is 9.80 Å². The second-order valence-corrected chi connectivity index (χ2v) is 32.5. The zero-order valence-corrected chi connectivity index (χ0v) is 67.4. The molecule has 0 aliphatic heterocycles. The van der Waals surface area contributed by atoms with Gasteiger partial charge in [0.05, 0.1) is 0 Å². The molecule has 0 N–H and O–H groups in total. The molecule has 1 fully saturated rings. The Hall–Kier alpha value is -12.9. The Bertz CT molecular complexity index is 6020. The van der Waals surface area contributed by atoms with Gasteiger partial charge in [-0.1, -0.05) is 354 Å². The highest BCUT2D eigenvalue weighted by molar-refractivity contribution is 5.93. The molecule has 2 heteroatoms. The molecule has 0 bridgehead atoms. The van der Waals surface area contributed by atoms with E-state index in [1.165, 1.54) is 197 Å². The van der Waals surface area contributed by atoms with Crippen LogP contribution in [0.25, 0.3) is 111 Å². The van der Waals surface area contributed by atoms with E-state index < -0.39 is 0 Å². The van der Waals surface area contributed by atoms with Gasteiger partial charge in [-0.15, -0.1) is 0 Å². The van der Waals surface area contributed by atoms with E-state index in [2.05, 4.69) is 431 Å². The van der Waals surface area contributed by atoms with Crippen LogP contribution in [0, 0.1) is 69.2 Å².